The Bertz CT molecular complexity index is 1720. The predicted molar refractivity (Wildman–Crippen MR) is 149 cm³/mol. The van der Waals surface area contributed by atoms with Gasteiger partial charge in [0, 0.05) is 12.0 Å². The molecule has 9 nitrogen and oxygen atoms in total. The number of thiazole rings is 1. The standard InChI is InChI=1S/C30H24N2O7S/c1-15-12-19-13-18(8-11-22(19)39-15)26(33)24-25(16-4-6-17(7-5-16)29(36)38-3)32(28(35)27(24)34)30-31-21-10-9-20(37-2)14-23(21)40-30/h4-11,13-15,25,33H,12H2,1-3H3/b26-24+/t15-,25+/m0/s1. The SMILES string of the molecule is COC(=O)c1ccc([C@@H]2/C(=C(\O)c3ccc4c(c3)C[C@H](C)O4)C(=O)C(=O)N2c2nc3ccc(OC)cc3s2)cc1. The molecular weight excluding hydrogens is 532 g/mol. The van der Waals surface area contributed by atoms with Crippen molar-refractivity contribution in [1.29, 1.82) is 0 Å². The van der Waals surface area contributed by atoms with E-state index in [1.807, 2.05) is 6.92 Å². The number of aromatic nitrogens is 1. The molecule has 1 saturated heterocycles. The predicted octanol–water partition coefficient (Wildman–Crippen LogP) is 5.04. The average molecular weight is 557 g/mol. The number of carbonyl (C=O) groups is 3. The zero-order valence-electron chi connectivity index (χ0n) is 21.8. The molecule has 1 N–H and O–H groups in total. The third-order valence-electron chi connectivity index (χ3n) is 7.05. The van der Waals surface area contributed by atoms with E-state index in [2.05, 4.69) is 4.98 Å². The van der Waals surface area contributed by atoms with Crippen LogP contribution in [0.1, 0.15) is 40.0 Å². The van der Waals surface area contributed by atoms with E-state index in [0.29, 0.717) is 39.5 Å². The van der Waals surface area contributed by atoms with E-state index < -0.39 is 23.7 Å². The van der Waals surface area contributed by atoms with Crippen molar-refractivity contribution in [3.63, 3.8) is 0 Å². The molecule has 0 saturated carbocycles. The molecule has 2 atom stereocenters. The highest BCUT2D eigenvalue weighted by molar-refractivity contribution is 7.22. The highest BCUT2D eigenvalue weighted by Crippen LogP contribution is 2.45. The van der Waals surface area contributed by atoms with Crippen molar-refractivity contribution in [2.75, 3.05) is 19.1 Å². The Balaban J connectivity index is 1.52. The highest BCUT2D eigenvalue weighted by Gasteiger charge is 2.48. The number of carbonyl (C=O) groups excluding carboxylic acids is 3. The van der Waals surface area contributed by atoms with Crippen molar-refractivity contribution < 1.29 is 33.7 Å². The molecule has 0 radical (unpaired) electrons. The van der Waals surface area contributed by atoms with Crippen LogP contribution in [-0.2, 0) is 20.7 Å². The smallest absolute Gasteiger partial charge is 0.337 e. The Kier molecular flexibility index (Phi) is 6.26. The van der Waals surface area contributed by atoms with Crippen molar-refractivity contribution in [2.45, 2.75) is 25.5 Å². The normalized spacial score (nSPS) is 19.5. The summed E-state index contributed by atoms with van der Waals surface area (Å²) < 4.78 is 16.7. The van der Waals surface area contributed by atoms with Gasteiger partial charge in [-0.25, -0.2) is 9.78 Å². The molecule has 1 fully saturated rings. The van der Waals surface area contributed by atoms with Crippen LogP contribution in [0.3, 0.4) is 0 Å². The molecule has 1 amide bonds. The van der Waals surface area contributed by atoms with Gasteiger partial charge in [-0.3, -0.25) is 14.5 Å². The second-order valence-electron chi connectivity index (χ2n) is 9.57. The van der Waals surface area contributed by atoms with Gasteiger partial charge in [0.05, 0.1) is 41.6 Å². The van der Waals surface area contributed by atoms with Crippen LogP contribution in [0, 0.1) is 0 Å². The first-order valence-corrected chi connectivity index (χ1v) is 13.3. The summed E-state index contributed by atoms with van der Waals surface area (Å²) in [6.07, 6.45) is 0.669. The average Bonchev–Trinajstić information content (AvgIpc) is 3.63. The number of nitrogens with zero attached hydrogens (tertiary/aromatic N) is 2. The number of fused-ring (bicyclic) bond motifs is 2. The summed E-state index contributed by atoms with van der Waals surface area (Å²) in [5, 5.41) is 11.8. The minimum atomic E-state index is -0.988. The van der Waals surface area contributed by atoms with Gasteiger partial charge in [-0.05, 0) is 66.6 Å². The van der Waals surface area contributed by atoms with E-state index in [-0.39, 0.29) is 17.4 Å². The van der Waals surface area contributed by atoms with Crippen LogP contribution in [-0.4, -0.2) is 48.1 Å². The fourth-order valence-electron chi connectivity index (χ4n) is 5.11. The van der Waals surface area contributed by atoms with Crippen LogP contribution >= 0.6 is 11.3 Å². The number of hydrogen-bond acceptors (Lipinski definition) is 9. The van der Waals surface area contributed by atoms with Gasteiger partial charge in [-0.1, -0.05) is 23.5 Å². The van der Waals surface area contributed by atoms with Crippen LogP contribution in [0.15, 0.2) is 66.2 Å². The molecular formula is C30H24N2O7S. The number of ketones is 1. The Morgan fingerprint density at radius 1 is 1.05 bits per heavy atom. The van der Waals surface area contributed by atoms with Gasteiger partial charge in [0.25, 0.3) is 5.78 Å². The summed E-state index contributed by atoms with van der Waals surface area (Å²) in [5.41, 5.74) is 2.70. The molecule has 202 valence electrons. The van der Waals surface area contributed by atoms with E-state index in [1.165, 1.54) is 23.3 Å². The molecule has 0 aliphatic carbocycles. The Labute approximate surface area is 233 Å². The van der Waals surface area contributed by atoms with Crippen molar-refractivity contribution in [1.82, 2.24) is 4.98 Å². The number of hydrogen-bond donors (Lipinski definition) is 1. The maximum atomic E-state index is 13.6. The summed E-state index contributed by atoms with van der Waals surface area (Å²) in [7, 11) is 2.85. The number of esters is 1. The number of aliphatic hydroxyl groups is 1. The zero-order chi connectivity index (χ0) is 28.1. The van der Waals surface area contributed by atoms with Gasteiger partial charge in [-0.15, -0.1) is 0 Å². The monoisotopic (exact) mass is 556 g/mol. The van der Waals surface area contributed by atoms with Gasteiger partial charge in [-0.2, -0.15) is 0 Å². The lowest BCUT2D eigenvalue weighted by atomic mass is 9.94. The molecule has 3 aromatic carbocycles. The minimum absolute atomic E-state index is 0.00367. The van der Waals surface area contributed by atoms with Crippen LogP contribution in [0.2, 0.25) is 0 Å². The molecule has 2 aliphatic heterocycles. The van der Waals surface area contributed by atoms with Crippen LogP contribution in [0.25, 0.3) is 16.0 Å². The number of methoxy groups -OCH3 is 2. The Morgan fingerprint density at radius 2 is 1.80 bits per heavy atom. The largest absolute Gasteiger partial charge is 0.507 e. The fourth-order valence-corrected chi connectivity index (χ4v) is 6.13. The molecule has 0 bridgehead atoms. The number of rotatable bonds is 5. The third kappa shape index (κ3) is 4.17. The summed E-state index contributed by atoms with van der Waals surface area (Å²) >= 11 is 1.23. The lowest BCUT2D eigenvalue weighted by Crippen LogP contribution is -2.29. The second-order valence-corrected chi connectivity index (χ2v) is 10.6. The van der Waals surface area contributed by atoms with Gasteiger partial charge >= 0.3 is 11.9 Å². The van der Waals surface area contributed by atoms with E-state index >= 15 is 0 Å². The van der Waals surface area contributed by atoms with Crippen molar-refractivity contribution in [3.8, 4) is 11.5 Å². The summed E-state index contributed by atoms with van der Waals surface area (Å²) in [6.45, 7) is 1.96. The summed E-state index contributed by atoms with van der Waals surface area (Å²) in [5.74, 6) is -1.10. The van der Waals surface area contributed by atoms with Crippen LogP contribution in [0.4, 0.5) is 5.13 Å². The van der Waals surface area contributed by atoms with E-state index in [1.54, 1.807) is 67.8 Å². The lowest BCUT2D eigenvalue weighted by Gasteiger charge is -2.23. The summed E-state index contributed by atoms with van der Waals surface area (Å²) in [6, 6.07) is 15.9. The molecule has 10 heteroatoms. The molecule has 1 aromatic heterocycles. The van der Waals surface area contributed by atoms with Crippen molar-refractivity contribution in [2.24, 2.45) is 0 Å². The Hall–Kier alpha value is -4.70. The van der Waals surface area contributed by atoms with Gasteiger partial charge < -0.3 is 19.3 Å². The fraction of sp³-hybridized carbons (Fsp3) is 0.200. The molecule has 0 spiro atoms. The number of amides is 1. The van der Waals surface area contributed by atoms with E-state index in [9.17, 15) is 19.5 Å². The highest BCUT2D eigenvalue weighted by atomic mass is 32.1. The first-order chi connectivity index (χ1) is 19.3. The molecule has 0 unspecified atom stereocenters. The lowest BCUT2D eigenvalue weighted by molar-refractivity contribution is -0.132. The molecule has 40 heavy (non-hydrogen) atoms. The number of benzene rings is 3. The number of anilines is 1. The van der Waals surface area contributed by atoms with Crippen LogP contribution in [0.5, 0.6) is 11.5 Å². The molecule has 4 aromatic rings. The molecule has 3 heterocycles. The number of aliphatic hydroxyl groups excluding tert-OH is 1. The van der Waals surface area contributed by atoms with Gasteiger partial charge in [0.1, 0.15) is 23.4 Å². The van der Waals surface area contributed by atoms with Gasteiger partial charge in [0.2, 0.25) is 0 Å². The first kappa shape index (κ1) is 25.6. The van der Waals surface area contributed by atoms with Gasteiger partial charge in [0.15, 0.2) is 5.13 Å². The Morgan fingerprint density at radius 3 is 2.52 bits per heavy atom. The van der Waals surface area contributed by atoms with Crippen molar-refractivity contribution >= 4 is 50.1 Å². The second kappa shape index (κ2) is 9.80. The number of ether oxygens (including phenoxy) is 3. The molecule has 6 rings (SSSR count). The van der Waals surface area contributed by atoms with E-state index in [0.717, 1.165) is 16.0 Å². The molecule has 2 aliphatic rings. The topological polar surface area (TPSA) is 115 Å². The van der Waals surface area contributed by atoms with Crippen LogP contribution < -0.4 is 14.4 Å². The van der Waals surface area contributed by atoms with E-state index in [4.69, 9.17) is 14.2 Å². The number of Topliss-reactive ketones (excluding diaryl/α,β-unsaturated/α-hetero) is 1. The quantitative estimate of drug-likeness (QED) is 0.157. The first-order valence-electron chi connectivity index (χ1n) is 12.5. The third-order valence-corrected chi connectivity index (χ3v) is 8.07. The maximum absolute atomic E-state index is 13.6. The minimum Gasteiger partial charge on any atom is -0.507 e. The van der Waals surface area contributed by atoms with Crippen molar-refractivity contribution in [3.05, 3.63) is 88.5 Å². The summed E-state index contributed by atoms with van der Waals surface area (Å²) in [4.78, 5) is 45.1. The zero-order valence-corrected chi connectivity index (χ0v) is 22.7. The maximum Gasteiger partial charge on any atom is 0.337 e.